The number of rotatable bonds is 3. The van der Waals surface area contributed by atoms with Crippen LogP contribution in [-0.4, -0.2) is 54.6 Å². The third-order valence-electron chi connectivity index (χ3n) is 3.37. The maximum Gasteiger partial charge on any atom is 0.320 e. The highest BCUT2D eigenvalue weighted by atomic mass is 16.2. The van der Waals surface area contributed by atoms with Crippen molar-refractivity contribution in [2.45, 2.75) is 32.2 Å². The van der Waals surface area contributed by atoms with Crippen LogP contribution in [0.15, 0.2) is 0 Å². The normalized spacial score (nSPS) is 23.9. The molecule has 2 fully saturated rings. The number of carbonyl (C=O) groups excluding carboxylic acids is 1. The molecule has 0 radical (unpaired) electrons. The first-order chi connectivity index (χ1) is 7.33. The molecule has 1 N–H and O–H groups in total. The summed E-state index contributed by atoms with van der Waals surface area (Å²) in [6.07, 6.45) is 3.29. The van der Waals surface area contributed by atoms with Gasteiger partial charge in [-0.2, -0.15) is 0 Å². The molecule has 0 unspecified atom stereocenters. The predicted molar refractivity (Wildman–Crippen MR) is 59.9 cm³/mol. The molecule has 4 heteroatoms. The maximum atomic E-state index is 12.0. The number of piperidine rings is 1. The van der Waals surface area contributed by atoms with Crippen LogP contribution in [0.4, 0.5) is 4.79 Å². The van der Waals surface area contributed by atoms with Crippen LogP contribution in [0.25, 0.3) is 0 Å². The molecular weight excluding hydrogens is 190 g/mol. The Morgan fingerprint density at radius 2 is 2.07 bits per heavy atom. The monoisotopic (exact) mass is 211 g/mol. The Kier molecular flexibility index (Phi) is 3.46. The number of urea groups is 1. The van der Waals surface area contributed by atoms with E-state index in [4.69, 9.17) is 0 Å². The zero-order valence-electron chi connectivity index (χ0n) is 9.54. The molecular formula is C11H21N3O. The van der Waals surface area contributed by atoms with E-state index in [0.717, 1.165) is 52.0 Å². The zero-order valence-corrected chi connectivity index (χ0v) is 9.54. The van der Waals surface area contributed by atoms with E-state index in [1.165, 1.54) is 0 Å². The van der Waals surface area contributed by atoms with Gasteiger partial charge in [0.15, 0.2) is 0 Å². The Balaban J connectivity index is 1.90. The average Bonchev–Trinajstić information content (AvgIpc) is 2.63. The molecule has 2 saturated heterocycles. The van der Waals surface area contributed by atoms with Gasteiger partial charge in [0, 0.05) is 25.7 Å². The molecule has 0 aromatic rings. The molecule has 2 rings (SSSR count). The van der Waals surface area contributed by atoms with Crippen LogP contribution < -0.4 is 5.32 Å². The third-order valence-corrected chi connectivity index (χ3v) is 3.37. The Hall–Kier alpha value is -0.770. The van der Waals surface area contributed by atoms with Crippen molar-refractivity contribution >= 4 is 6.03 Å². The summed E-state index contributed by atoms with van der Waals surface area (Å²) in [6.45, 7) is 7.02. The number of nitrogens with one attached hydrogen (secondary N) is 1. The summed E-state index contributed by atoms with van der Waals surface area (Å²) in [7, 11) is 0. The lowest BCUT2D eigenvalue weighted by Crippen LogP contribution is -2.45. The molecule has 0 aliphatic carbocycles. The highest BCUT2D eigenvalue weighted by molar-refractivity contribution is 5.76. The summed E-state index contributed by atoms with van der Waals surface area (Å²) in [5.41, 5.74) is 0. The van der Waals surface area contributed by atoms with Crippen molar-refractivity contribution in [3.63, 3.8) is 0 Å². The maximum absolute atomic E-state index is 12.0. The van der Waals surface area contributed by atoms with Crippen molar-refractivity contribution in [1.29, 1.82) is 0 Å². The lowest BCUT2D eigenvalue weighted by molar-refractivity contribution is 0.166. The molecule has 86 valence electrons. The number of hydrogen-bond donors (Lipinski definition) is 1. The Morgan fingerprint density at radius 3 is 2.73 bits per heavy atom. The highest BCUT2D eigenvalue weighted by Crippen LogP contribution is 2.18. The van der Waals surface area contributed by atoms with Gasteiger partial charge in [0.05, 0.1) is 0 Å². The largest absolute Gasteiger partial charge is 0.323 e. The number of amides is 2. The fourth-order valence-corrected chi connectivity index (χ4v) is 2.54. The first-order valence-corrected chi connectivity index (χ1v) is 6.09. The van der Waals surface area contributed by atoms with Crippen LogP contribution in [0.5, 0.6) is 0 Å². The predicted octanol–water partition coefficient (Wildman–Crippen LogP) is 0.886. The summed E-state index contributed by atoms with van der Waals surface area (Å²) in [6, 6.07) is 0.754. The van der Waals surface area contributed by atoms with Crippen LogP contribution in [0.3, 0.4) is 0 Å². The number of nitrogens with zero attached hydrogens (tertiary/aromatic N) is 2. The van der Waals surface area contributed by atoms with Crippen molar-refractivity contribution < 1.29 is 4.79 Å². The minimum absolute atomic E-state index is 0.267. The third kappa shape index (κ3) is 2.25. The Labute approximate surface area is 91.6 Å². The molecule has 2 heterocycles. The Morgan fingerprint density at radius 1 is 1.33 bits per heavy atom. The summed E-state index contributed by atoms with van der Waals surface area (Å²) >= 11 is 0. The van der Waals surface area contributed by atoms with Crippen molar-refractivity contribution in [3.05, 3.63) is 0 Å². The van der Waals surface area contributed by atoms with Gasteiger partial charge in [-0.25, -0.2) is 4.79 Å². The Bertz CT molecular complexity index is 226. The summed E-state index contributed by atoms with van der Waals surface area (Å²) in [5.74, 6) is 0. The van der Waals surface area contributed by atoms with Crippen LogP contribution >= 0.6 is 0 Å². The van der Waals surface area contributed by atoms with E-state index in [1.54, 1.807) is 0 Å². The van der Waals surface area contributed by atoms with Crippen molar-refractivity contribution in [1.82, 2.24) is 15.1 Å². The standard InChI is InChI=1S/C11H21N3O/c1-2-7-13-8-9-14(11(13)15)10-3-5-12-6-4-10/h10,12H,2-9H2,1H3. The van der Waals surface area contributed by atoms with Gasteiger partial charge in [-0.3, -0.25) is 0 Å². The summed E-state index contributed by atoms with van der Waals surface area (Å²) in [5, 5.41) is 3.34. The van der Waals surface area contributed by atoms with Crippen LogP contribution in [0.1, 0.15) is 26.2 Å². The molecule has 15 heavy (non-hydrogen) atoms. The summed E-state index contributed by atoms with van der Waals surface area (Å²) < 4.78 is 0. The lowest BCUT2D eigenvalue weighted by Gasteiger charge is -2.31. The van der Waals surface area contributed by atoms with Gasteiger partial charge < -0.3 is 15.1 Å². The van der Waals surface area contributed by atoms with Gasteiger partial charge in [0.1, 0.15) is 0 Å². The SMILES string of the molecule is CCCN1CCN(C2CCNCC2)C1=O. The number of hydrogen-bond acceptors (Lipinski definition) is 2. The molecule has 0 aromatic carbocycles. The second kappa shape index (κ2) is 4.84. The molecule has 0 aromatic heterocycles. The minimum Gasteiger partial charge on any atom is -0.323 e. The van der Waals surface area contributed by atoms with E-state index in [2.05, 4.69) is 17.1 Å². The fourth-order valence-electron chi connectivity index (χ4n) is 2.54. The number of carbonyl (C=O) groups is 1. The highest BCUT2D eigenvalue weighted by Gasteiger charge is 2.33. The van der Waals surface area contributed by atoms with Gasteiger partial charge in [-0.15, -0.1) is 0 Å². The van der Waals surface area contributed by atoms with Crippen molar-refractivity contribution in [3.8, 4) is 0 Å². The van der Waals surface area contributed by atoms with Gasteiger partial charge >= 0.3 is 6.03 Å². The molecule has 0 bridgehead atoms. The molecule has 4 nitrogen and oxygen atoms in total. The second-order valence-electron chi connectivity index (χ2n) is 4.44. The van der Waals surface area contributed by atoms with Crippen molar-refractivity contribution in [2.24, 2.45) is 0 Å². The second-order valence-corrected chi connectivity index (χ2v) is 4.44. The first kappa shape index (κ1) is 10.7. The molecule has 0 saturated carbocycles. The topological polar surface area (TPSA) is 35.6 Å². The average molecular weight is 211 g/mol. The molecule has 0 atom stereocenters. The van der Waals surface area contributed by atoms with E-state index in [-0.39, 0.29) is 6.03 Å². The van der Waals surface area contributed by atoms with E-state index in [0.29, 0.717) is 6.04 Å². The van der Waals surface area contributed by atoms with E-state index in [9.17, 15) is 4.79 Å². The lowest BCUT2D eigenvalue weighted by atomic mass is 10.1. The zero-order chi connectivity index (χ0) is 10.7. The van der Waals surface area contributed by atoms with Gasteiger partial charge in [-0.05, 0) is 32.4 Å². The smallest absolute Gasteiger partial charge is 0.320 e. The molecule has 2 aliphatic heterocycles. The quantitative estimate of drug-likeness (QED) is 0.752. The van der Waals surface area contributed by atoms with Gasteiger partial charge in [0.2, 0.25) is 0 Å². The van der Waals surface area contributed by atoms with Gasteiger partial charge in [0.25, 0.3) is 0 Å². The first-order valence-electron chi connectivity index (χ1n) is 6.09. The van der Waals surface area contributed by atoms with E-state index >= 15 is 0 Å². The van der Waals surface area contributed by atoms with Gasteiger partial charge in [-0.1, -0.05) is 6.92 Å². The van der Waals surface area contributed by atoms with Crippen LogP contribution in [-0.2, 0) is 0 Å². The molecule has 2 amide bonds. The van der Waals surface area contributed by atoms with E-state index in [1.807, 2.05) is 4.90 Å². The molecule has 2 aliphatic rings. The van der Waals surface area contributed by atoms with E-state index < -0.39 is 0 Å². The minimum atomic E-state index is 0.267. The van der Waals surface area contributed by atoms with Crippen LogP contribution in [0, 0.1) is 0 Å². The fraction of sp³-hybridized carbons (Fsp3) is 0.909. The van der Waals surface area contributed by atoms with Crippen molar-refractivity contribution in [2.75, 3.05) is 32.7 Å². The van der Waals surface area contributed by atoms with Crippen LogP contribution in [0.2, 0.25) is 0 Å². The molecule has 0 spiro atoms. The summed E-state index contributed by atoms with van der Waals surface area (Å²) in [4.78, 5) is 16.1.